The lowest BCUT2D eigenvalue weighted by atomic mass is 10.2. The Balaban J connectivity index is 1.58. The molecule has 0 aliphatic carbocycles. The van der Waals surface area contributed by atoms with Gasteiger partial charge in [-0.1, -0.05) is 41.6 Å². The SMILES string of the molecule is CN(CCc1ccccn1)C(=O)c1cn(Cc2ccccc2)nn1. The normalized spacial score (nSPS) is 10.5. The Kier molecular flexibility index (Phi) is 4.96. The molecule has 0 N–H and O–H groups in total. The molecule has 3 rings (SSSR count). The number of amides is 1. The van der Waals surface area contributed by atoms with Gasteiger partial charge in [-0.05, 0) is 17.7 Å². The van der Waals surface area contributed by atoms with Crippen LogP contribution in [0.4, 0.5) is 0 Å². The molecule has 24 heavy (non-hydrogen) atoms. The fourth-order valence-electron chi connectivity index (χ4n) is 2.37. The summed E-state index contributed by atoms with van der Waals surface area (Å²) in [5.41, 5.74) is 2.43. The van der Waals surface area contributed by atoms with Crippen LogP contribution in [-0.2, 0) is 13.0 Å². The summed E-state index contributed by atoms with van der Waals surface area (Å²) in [5.74, 6) is -0.134. The number of carbonyl (C=O) groups excluding carboxylic acids is 1. The summed E-state index contributed by atoms with van der Waals surface area (Å²) >= 11 is 0. The third-order valence-corrected chi connectivity index (χ3v) is 3.72. The lowest BCUT2D eigenvalue weighted by Gasteiger charge is -2.15. The fourth-order valence-corrected chi connectivity index (χ4v) is 2.37. The molecular weight excluding hydrogens is 302 g/mol. The van der Waals surface area contributed by atoms with Crippen LogP contribution in [0.2, 0.25) is 0 Å². The molecular formula is C18H19N5O. The first-order valence-corrected chi connectivity index (χ1v) is 7.82. The second kappa shape index (κ2) is 7.50. The molecule has 0 radical (unpaired) electrons. The highest BCUT2D eigenvalue weighted by molar-refractivity contribution is 5.91. The summed E-state index contributed by atoms with van der Waals surface area (Å²) in [5, 5.41) is 8.03. The van der Waals surface area contributed by atoms with Crippen LogP contribution in [0, 0.1) is 0 Å². The number of pyridine rings is 1. The Morgan fingerprint density at radius 1 is 1.12 bits per heavy atom. The van der Waals surface area contributed by atoms with E-state index in [9.17, 15) is 4.79 Å². The molecule has 1 amide bonds. The molecule has 0 aliphatic rings. The lowest BCUT2D eigenvalue weighted by Crippen LogP contribution is -2.29. The largest absolute Gasteiger partial charge is 0.340 e. The molecule has 0 fully saturated rings. The van der Waals surface area contributed by atoms with Crippen LogP contribution >= 0.6 is 0 Å². The quantitative estimate of drug-likeness (QED) is 0.697. The number of hydrogen-bond donors (Lipinski definition) is 0. The molecule has 0 unspecified atom stereocenters. The van der Waals surface area contributed by atoms with Crippen molar-refractivity contribution < 1.29 is 4.79 Å². The number of nitrogens with zero attached hydrogens (tertiary/aromatic N) is 5. The van der Waals surface area contributed by atoms with E-state index in [-0.39, 0.29) is 5.91 Å². The van der Waals surface area contributed by atoms with E-state index in [1.165, 1.54) is 0 Å². The first-order valence-electron chi connectivity index (χ1n) is 7.82. The summed E-state index contributed by atoms with van der Waals surface area (Å²) in [6.07, 6.45) is 4.15. The van der Waals surface area contributed by atoms with Crippen molar-refractivity contribution in [3.63, 3.8) is 0 Å². The van der Waals surface area contributed by atoms with Crippen molar-refractivity contribution in [2.24, 2.45) is 0 Å². The Labute approximate surface area is 140 Å². The summed E-state index contributed by atoms with van der Waals surface area (Å²) in [4.78, 5) is 18.3. The maximum atomic E-state index is 12.4. The van der Waals surface area contributed by atoms with Crippen molar-refractivity contribution in [2.45, 2.75) is 13.0 Å². The van der Waals surface area contributed by atoms with E-state index < -0.39 is 0 Å². The maximum Gasteiger partial charge on any atom is 0.275 e. The van der Waals surface area contributed by atoms with E-state index in [0.717, 1.165) is 11.3 Å². The topological polar surface area (TPSA) is 63.9 Å². The van der Waals surface area contributed by atoms with Gasteiger partial charge in [0.15, 0.2) is 5.69 Å². The Morgan fingerprint density at radius 2 is 1.92 bits per heavy atom. The standard InChI is InChI=1S/C18H19N5O/c1-22(12-10-16-9-5-6-11-19-16)18(24)17-14-23(21-20-17)13-15-7-3-2-4-8-15/h2-9,11,14H,10,12-13H2,1H3. The zero-order valence-corrected chi connectivity index (χ0v) is 13.5. The van der Waals surface area contributed by atoms with E-state index in [2.05, 4.69) is 15.3 Å². The van der Waals surface area contributed by atoms with Crippen molar-refractivity contribution in [1.29, 1.82) is 0 Å². The summed E-state index contributed by atoms with van der Waals surface area (Å²) in [6, 6.07) is 15.7. The highest BCUT2D eigenvalue weighted by Crippen LogP contribution is 2.05. The molecule has 6 heteroatoms. The van der Waals surface area contributed by atoms with Crippen molar-refractivity contribution in [2.75, 3.05) is 13.6 Å². The average Bonchev–Trinajstić information content (AvgIpc) is 3.09. The number of likely N-dealkylation sites (N-methyl/N-ethyl adjacent to an activating group) is 1. The molecule has 2 aromatic heterocycles. The molecule has 0 spiro atoms. The van der Waals surface area contributed by atoms with Gasteiger partial charge in [-0.3, -0.25) is 9.78 Å². The van der Waals surface area contributed by atoms with E-state index in [1.807, 2.05) is 48.5 Å². The Hall–Kier alpha value is -3.02. The van der Waals surface area contributed by atoms with E-state index in [4.69, 9.17) is 0 Å². The zero-order chi connectivity index (χ0) is 16.8. The molecule has 0 saturated carbocycles. The van der Waals surface area contributed by atoms with Gasteiger partial charge in [-0.15, -0.1) is 5.10 Å². The molecule has 0 saturated heterocycles. The smallest absolute Gasteiger partial charge is 0.275 e. The minimum atomic E-state index is -0.134. The predicted molar refractivity (Wildman–Crippen MR) is 90.5 cm³/mol. The molecule has 1 aromatic carbocycles. The van der Waals surface area contributed by atoms with Crippen molar-refractivity contribution in [3.8, 4) is 0 Å². The summed E-state index contributed by atoms with van der Waals surface area (Å²) < 4.78 is 1.68. The van der Waals surface area contributed by atoms with Gasteiger partial charge in [0.05, 0.1) is 12.7 Å². The monoisotopic (exact) mass is 321 g/mol. The highest BCUT2D eigenvalue weighted by atomic mass is 16.2. The minimum Gasteiger partial charge on any atom is -0.340 e. The molecule has 2 heterocycles. The lowest BCUT2D eigenvalue weighted by molar-refractivity contribution is 0.0790. The van der Waals surface area contributed by atoms with Crippen molar-refractivity contribution in [3.05, 3.63) is 77.9 Å². The van der Waals surface area contributed by atoms with E-state index in [1.54, 1.807) is 29.0 Å². The van der Waals surface area contributed by atoms with Gasteiger partial charge in [0, 0.05) is 31.9 Å². The Bertz CT molecular complexity index is 785. The van der Waals surface area contributed by atoms with Gasteiger partial charge in [-0.25, -0.2) is 4.68 Å². The minimum absolute atomic E-state index is 0.134. The second-order valence-electron chi connectivity index (χ2n) is 5.58. The maximum absolute atomic E-state index is 12.4. The van der Waals surface area contributed by atoms with Crippen LogP contribution in [0.25, 0.3) is 0 Å². The average molecular weight is 321 g/mol. The third-order valence-electron chi connectivity index (χ3n) is 3.72. The van der Waals surface area contributed by atoms with Gasteiger partial charge in [0.25, 0.3) is 5.91 Å². The van der Waals surface area contributed by atoms with Gasteiger partial charge in [-0.2, -0.15) is 0 Å². The first-order chi connectivity index (χ1) is 11.7. The van der Waals surface area contributed by atoms with Gasteiger partial charge in [0.1, 0.15) is 0 Å². The molecule has 3 aromatic rings. The first kappa shape index (κ1) is 15.9. The molecule has 6 nitrogen and oxygen atoms in total. The third kappa shape index (κ3) is 4.04. The summed E-state index contributed by atoms with van der Waals surface area (Å²) in [7, 11) is 1.77. The van der Waals surface area contributed by atoms with Gasteiger partial charge >= 0.3 is 0 Å². The molecule has 0 atom stereocenters. The van der Waals surface area contributed by atoms with Gasteiger partial charge < -0.3 is 4.90 Å². The van der Waals surface area contributed by atoms with Crippen LogP contribution in [0.3, 0.4) is 0 Å². The molecule has 0 aliphatic heterocycles. The number of aromatic nitrogens is 4. The Morgan fingerprint density at radius 3 is 2.67 bits per heavy atom. The highest BCUT2D eigenvalue weighted by Gasteiger charge is 2.15. The zero-order valence-electron chi connectivity index (χ0n) is 13.5. The van der Waals surface area contributed by atoms with Crippen LogP contribution in [0.15, 0.2) is 60.9 Å². The number of benzene rings is 1. The second-order valence-corrected chi connectivity index (χ2v) is 5.58. The summed E-state index contributed by atoms with van der Waals surface area (Å²) in [6.45, 7) is 1.18. The van der Waals surface area contributed by atoms with Crippen molar-refractivity contribution in [1.82, 2.24) is 24.9 Å². The van der Waals surface area contributed by atoms with Crippen LogP contribution in [0.1, 0.15) is 21.7 Å². The van der Waals surface area contributed by atoms with Crippen molar-refractivity contribution >= 4 is 5.91 Å². The van der Waals surface area contributed by atoms with Crippen LogP contribution in [-0.4, -0.2) is 44.4 Å². The van der Waals surface area contributed by atoms with E-state index >= 15 is 0 Å². The van der Waals surface area contributed by atoms with Gasteiger partial charge in [0.2, 0.25) is 0 Å². The molecule has 0 bridgehead atoms. The molecule has 122 valence electrons. The van der Waals surface area contributed by atoms with E-state index in [0.29, 0.717) is 25.2 Å². The predicted octanol–water partition coefficient (Wildman–Crippen LogP) is 2.04. The number of rotatable bonds is 6. The van der Waals surface area contributed by atoms with Crippen LogP contribution in [0.5, 0.6) is 0 Å². The fraction of sp³-hybridized carbons (Fsp3) is 0.222. The number of hydrogen-bond acceptors (Lipinski definition) is 4. The number of carbonyl (C=O) groups is 1. The van der Waals surface area contributed by atoms with Crippen LogP contribution < -0.4 is 0 Å².